The van der Waals surface area contributed by atoms with Crippen molar-refractivity contribution in [2.24, 2.45) is 0 Å². The van der Waals surface area contributed by atoms with Crippen molar-refractivity contribution in [3.8, 4) is 11.5 Å². The van der Waals surface area contributed by atoms with E-state index in [-0.39, 0.29) is 11.5 Å². The van der Waals surface area contributed by atoms with E-state index in [1.54, 1.807) is 18.2 Å². The maximum atomic E-state index is 12.3. The molecule has 1 N–H and O–H groups in total. The van der Waals surface area contributed by atoms with Crippen LogP contribution in [-0.2, 0) is 0 Å². The number of ether oxygens (including phenoxy) is 1. The molecule has 2 saturated heterocycles. The number of aromatic hydroxyl groups is 1. The van der Waals surface area contributed by atoms with Crippen molar-refractivity contribution in [2.75, 3.05) is 36.0 Å². The van der Waals surface area contributed by atoms with Crippen molar-refractivity contribution in [2.45, 2.75) is 19.5 Å². The van der Waals surface area contributed by atoms with Gasteiger partial charge in [0.25, 0.3) is 12.0 Å². The molecule has 0 aliphatic carbocycles. The lowest BCUT2D eigenvalue weighted by Crippen LogP contribution is -2.37. The molecular weight excluding hydrogens is 570 g/mol. The van der Waals surface area contributed by atoms with Gasteiger partial charge in [-0.25, -0.2) is 0 Å². The monoisotopic (exact) mass is 586 g/mol. The molecule has 2 aromatic heterocycles. The van der Waals surface area contributed by atoms with Gasteiger partial charge >= 0.3 is 6.61 Å². The van der Waals surface area contributed by atoms with Gasteiger partial charge < -0.3 is 28.5 Å². The summed E-state index contributed by atoms with van der Waals surface area (Å²) in [5.41, 5.74) is 1.87. The van der Waals surface area contributed by atoms with Crippen molar-refractivity contribution < 1.29 is 27.5 Å². The van der Waals surface area contributed by atoms with E-state index < -0.39 is 6.61 Å². The molecular formula is C21H18Br2F2N4O4. The van der Waals surface area contributed by atoms with Crippen LogP contribution in [0.4, 0.5) is 20.8 Å². The van der Waals surface area contributed by atoms with Crippen molar-refractivity contribution in [3.05, 3.63) is 33.2 Å². The molecule has 6 rings (SSSR count). The molecule has 0 atom stereocenters. The SMILES string of the molecule is FC(F)Oc1ccc(Br)c2oc(N3CCC3)nc12.Oc1ccc(Br)c2oc(N3CCC3)nc12. The zero-order valence-corrected chi connectivity index (χ0v) is 20.3. The van der Waals surface area contributed by atoms with Gasteiger partial charge in [-0.15, -0.1) is 0 Å². The van der Waals surface area contributed by atoms with E-state index in [2.05, 4.69) is 46.6 Å². The third kappa shape index (κ3) is 4.33. The number of fused-ring (bicyclic) bond motifs is 2. The molecule has 2 aromatic carbocycles. The van der Waals surface area contributed by atoms with Gasteiger partial charge in [-0.05, 0) is 69.0 Å². The quantitative estimate of drug-likeness (QED) is 0.315. The maximum Gasteiger partial charge on any atom is 0.387 e. The lowest BCUT2D eigenvalue weighted by Gasteiger charge is -2.28. The predicted octanol–water partition coefficient (Wildman–Crippen LogP) is 5.91. The van der Waals surface area contributed by atoms with Gasteiger partial charge in [-0.2, -0.15) is 18.7 Å². The van der Waals surface area contributed by atoms with Crippen molar-refractivity contribution in [3.63, 3.8) is 0 Å². The molecule has 0 bridgehead atoms. The van der Waals surface area contributed by atoms with Gasteiger partial charge in [0.1, 0.15) is 5.75 Å². The number of aromatic nitrogens is 2. The zero-order chi connectivity index (χ0) is 23.1. The van der Waals surface area contributed by atoms with E-state index in [1.165, 1.54) is 12.5 Å². The van der Waals surface area contributed by atoms with Crippen LogP contribution in [0, 0.1) is 0 Å². The van der Waals surface area contributed by atoms with Gasteiger partial charge in [-0.3, -0.25) is 0 Å². The number of phenols is 1. The number of hydrogen-bond donors (Lipinski definition) is 1. The highest BCUT2D eigenvalue weighted by Crippen LogP contribution is 2.36. The minimum absolute atomic E-state index is 0.0266. The van der Waals surface area contributed by atoms with Crippen LogP contribution in [0.15, 0.2) is 42.0 Å². The molecule has 0 spiro atoms. The second-order valence-electron chi connectivity index (χ2n) is 7.52. The Labute approximate surface area is 203 Å². The Balaban J connectivity index is 0.000000140. The molecule has 0 radical (unpaired) electrons. The minimum Gasteiger partial charge on any atom is -0.506 e. The summed E-state index contributed by atoms with van der Waals surface area (Å²) in [5.74, 6) is 0.183. The second kappa shape index (κ2) is 8.98. The number of nitrogens with zero attached hydrogens (tertiary/aromatic N) is 4. The number of alkyl halides is 2. The number of phenolic OH excluding ortho intramolecular Hbond substituents is 1. The van der Waals surface area contributed by atoms with Gasteiger partial charge in [0, 0.05) is 26.2 Å². The van der Waals surface area contributed by atoms with Crippen molar-refractivity contribution >= 4 is 66.1 Å². The van der Waals surface area contributed by atoms with Crippen molar-refractivity contribution in [1.82, 2.24) is 9.97 Å². The van der Waals surface area contributed by atoms with E-state index in [0.717, 1.165) is 37.1 Å². The Morgan fingerprint density at radius 2 is 1.36 bits per heavy atom. The lowest BCUT2D eigenvalue weighted by atomic mass is 10.2. The largest absolute Gasteiger partial charge is 0.506 e. The van der Waals surface area contributed by atoms with E-state index in [0.29, 0.717) is 38.7 Å². The summed E-state index contributed by atoms with van der Waals surface area (Å²) in [6.45, 7) is 0.819. The number of oxazole rings is 2. The number of hydrogen-bond acceptors (Lipinski definition) is 8. The molecule has 0 saturated carbocycles. The predicted molar refractivity (Wildman–Crippen MR) is 125 cm³/mol. The van der Waals surface area contributed by atoms with Crippen LogP contribution in [-0.4, -0.2) is 47.9 Å². The summed E-state index contributed by atoms with van der Waals surface area (Å²) in [6.07, 6.45) is 2.26. The standard InChI is InChI=1S/C11H9BrF2N2O2.C10H9BrN2O2/c12-6-2-3-7(17-10(13)14)8-9(6)18-11(15-8)16-4-1-5-16;11-6-2-3-7(14)8-9(6)15-10(12-8)13-4-1-5-13/h2-3,10H,1,4-5H2;2-3,14H,1,4-5H2. The summed E-state index contributed by atoms with van der Waals surface area (Å²) in [6, 6.07) is 7.45. The fourth-order valence-corrected chi connectivity index (χ4v) is 4.17. The molecule has 4 aromatic rings. The minimum atomic E-state index is -2.88. The molecule has 33 heavy (non-hydrogen) atoms. The number of benzene rings is 2. The Kier molecular flexibility index (Phi) is 6.04. The molecule has 2 fully saturated rings. The summed E-state index contributed by atoms with van der Waals surface area (Å²) in [7, 11) is 0. The summed E-state index contributed by atoms with van der Waals surface area (Å²) >= 11 is 6.67. The zero-order valence-electron chi connectivity index (χ0n) is 17.1. The smallest absolute Gasteiger partial charge is 0.387 e. The third-order valence-electron chi connectivity index (χ3n) is 5.38. The fraction of sp³-hybridized carbons (Fsp3) is 0.333. The van der Waals surface area contributed by atoms with Gasteiger partial charge in [0.05, 0.1) is 8.95 Å². The molecule has 2 aliphatic rings. The highest BCUT2D eigenvalue weighted by atomic mass is 79.9. The topological polar surface area (TPSA) is 88.0 Å². The number of halogens is 4. The first-order valence-corrected chi connectivity index (χ1v) is 11.8. The average molecular weight is 588 g/mol. The molecule has 4 heterocycles. The highest BCUT2D eigenvalue weighted by molar-refractivity contribution is 9.11. The van der Waals surface area contributed by atoms with E-state index in [9.17, 15) is 13.9 Å². The van der Waals surface area contributed by atoms with Gasteiger partial charge in [0.2, 0.25) is 0 Å². The molecule has 174 valence electrons. The van der Waals surface area contributed by atoms with Crippen LogP contribution >= 0.6 is 31.9 Å². The number of anilines is 2. The first-order chi connectivity index (χ1) is 15.9. The van der Waals surface area contributed by atoms with E-state index >= 15 is 0 Å². The fourth-order valence-electron chi connectivity index (χ4n) is 3.37. The Morgan fingerprint density at radius 3 is 1.85 bits per heavy atom. The van der Waals surface area contributed by atoms with E-state index in [1.807, 2.05) is 9.80 Å². The summed E-state index contributed by atoms with van der Waals surface area (Å²) in [5, 5.41) is 9.62. The summed E-state index contributed by atoms with van der Waals surface area (Å²) < 4.78 is 41.6. The van der Waals surface area contributed by atoms with Crippen LogP contribution in [0.1, 0.15) is 12.8 Å². The Bertz CT molecular complexity index is 1270. The second-order valence-corrected chi connectivity index (χ2v) is 9.23. The molecule has 2 aliphatic heterocycles. The van der Waals surface area contributed by atoms with Gasteiger partial charge in [-0.1, -0.05) is 0 Å². The molecule has 0 amide bonds. The molecule has 0 unspecified atom stereocenters. The van der Waals surface area contributed by atoms with Crippen LogP contribution in [0.3, 0.4) is 0 Å². The van der Waals surface area contributed by atoms with Crippen LogP contribution in [0.25, 0.3) is 22.2 Å². The molecule has 8 nitrogen and oxygen atoms in total. The normalized spacial score (nSPS) is 15.4. The summed E-state index contributed by atoms with van der Waals surface area (Å²) in [4.78, 5) is 12.5. The highest BCUT2D eigenvalue weighted by Gasteiger charge is 2.24. The van der Waals surface area contributed by atoms with Crippen LogP contribution in [0.2, 0.25) is 0 Å². The molecule has 12 heteroatoms. The average Bonchev–Trinajstić information content (AvgIpc) is 3.31. The third-order valence-corrected chi connectivity index (χ3v) is 6.63. The Hall–Kier alpha value is -2.60. The van der Waals surface area contributed by atoms with Crippen LogP contribution in [0.5, 0.6) is 11.5 Å². The lowest BCUT2D eigenvalue weighted by molar-refractivity contribution is -0.0489. The number of rotatable bonds is 4. The first-order valence-electron chi connectivity index (χ1n) is 10.2. The van der Waals surface area contributed by atoms with Crippen molar-refractivity contribution in [1.29, 1.82) is 0 Å². The van der Waals surface area contributed by atoms with E-state index in [4.69, 9.17) is 8.83 Å². The Morgan fingerprint density at radius 1 is 0.848 bits per heavy atom. The van der Waals surface area contributed by atoms with Gasteiger partial charge in [0.15, 0.2) is 27.9 Å². The first kappa shape index (κ1) is 22.2. The van der Waals surface area contributed by atoms with Crippen LogP contribution < -0.4 is 14.5 Å². The maximum absolute atomic E-state index is 12.3.